The minimum atomic E-state index is -4.57. The molecular weight excluding hydrogens is 267 g/mol. The fourth-order valence-electron chi connectivity index (χ4n) is 1.77. The molecule has 0 spiro atoms. The summed E-state index contributed by atoms with van der Waals surface area (Å²) < 4.78 is 39.0. The molecule has 2 nitrogen and oxygen atoms in total. The Morgan fingerprint density at radius 2 is 1.45 bits per heavy atom. The van der Waals surface area contributed by atoms with Crippen molar-refractivity contribution in [1.29, 1.82) is 0 Å². The highest BCUT2D eigenvalue weighted by molar-refractivity contribution is 5.65. The van der Waals surface area contributed by atoms with Crippen molar-refractivity contribution in [3.63, 3.8) is 0 Å². The van der Waals surface area contributed by atoms with Crippen molar-refractivity contribution < 1.29 is 17.9 Å². The van der Waals surface area contributed by atoms with Crippen molar-refractivity contribution in [2.75, 3.05) is 18.5 Å². The molecule has 0 fully saturated rings. The third-order valence-corrected chi connectivity index (χ3v) is 2.69. The largest absolute Gasteiger partial charge is 0.522 e. The van der Waals surface area contributed by atoms with E-state index in [2.05, 4.69) is 10.1 Å². The second-order valence-electron chi connectivity index (χ2n) is 4.16. The van der Waals surface area contributed by atoms with Gasteiger partial charge >= 0.3 is 6.36 Å². The van der Waals surface area contributed by atoms with Gasteiger partial charge in [0, 0.05) is 12.2 Å². The molecular formula is C15H14F3NO. The smallest absolute Gasteiger partial charge is 0.383 e. The van der Waals surface area contributed by atoms with Gasteiger partial charge in [-0.25, -0.2) is 0 Å². The highest BCUT2D eigenvalue weighted by Crippen LogP contribution is 2.21. The standard InChI is InChI=1S/C15H14F3NO/c16-15(17,18)20-11-10-19-14-8-6-13(7-9-14)12-4-2-1-3-5-12/h1-9,19H,10-11H2. The van der Waals surface area contributed by atoms with Gasteiger partial charge in [0.05, 0.1) is 6.61 Å². The van der Waals surface area contributed by atoms with E-state index >= 15 is 0 Å². The molecule has 0 saturated carbocycles. The minimum absolute atomic E-state index is 0.101. The maximum absolute atomic E-state index is 11.8. The summed E-state index contributed by atoms with van der Waals surface area (Å²) >= 11 is 0. The molecule has 0 aliphatic heterocycles. The van der Waals surface area contributed by atoms with Gasteiger partial charge in [0.25, 0.3) is 0 Å². The van der Waals surface area contributed by atoms with Crippen LogP contribution in [-0.4, -0.2) is 19.5 Å². The predicted molar refractivity (Wildman–Crippen MR) is 72.4 cm³/mol. The second-order valence-corrected chi connectivity index (χ2v) is 4.16. The van der Waals surface area contributed by atoms with Crippen molar-refractivity contribution in [3.05, 3.63) is 54.6 Å². The molecule has 2 aromatic rings. The zero-order valence-electron chi connectivity index (χ0n) is 10.7. The Labute approximate surface area is 115 Å². The van der Waals surface area contributed by atoms with E-state index in [1.54, 1.807) is 0 Å². The fraction of sp³-hybridized carbons (Fsp3) is 0.200. The van der Waals surface area contributed by atoms with Crippen LogP contribution < -0.4 is 5.32 Å². The number of hydrogen-bond acceptors (Lipinski definition) is 2. The Balaban J connectivity index is 1.86. The van der Waals surface area contributed by atoms with Gasteiger partial charge in [-0.15, -0.1) is 13.2 Å². The van der Waals surface area contributed by atoms with Crippen LogP contribution in [0.2, 0.25) is 0 Å². The van der Waals surface area contributed by atoms with Crippen LogP contribution in [0.3, 0.4) is 0 Å². The quantitative estimate of drug-likeness (QED) is 0.825. The normalized spacial score (nSPS) is 11.3. The van der Waals surface area contributed by atoms with Gasteiger partial charge in [0.2, 0.25) is 0 Å². The lowest BCUT2D eigenvalue weighted by atomic mass is 10.1. The molecule has 20 heavy (non-hydrogen) atoms. The first-order valence-electron chi connectivity index (χ1n) is 6.15. The van der Waals surface area contributed by atoms with E-state index in [-0.39, 0.29) is 6.54 Å². The maximum atomic E-state index is 11.8. The van der Waals surface area contributed by atoms with E-state index in [4.69, 9.17) is 0 Å². The Bertz CT molecular complexity index is 523. The van der Waals surface area contributed by atoms with Crippen molar-refractivity contribution in [1.82, 2.24) is 0 Å². The van der Waals surface area contributed by atoms with Crippen LogP contribution in [-0.2, 0) is 4.74 Å². The lowest BCUT2D eigenvalue weighted by Gasteiger charge is -2.10. The first-order valence-corrected chi connectivity index (χ1v) is 6.15. The van der Waals surface area contributed by atoms with Crippen LogP contribution >= 0.6 is 0 Å². The molecule has 0 radical (unpaired) electrons. The third-order valence-electron chi connectivity index (χ3n) is 2.69. The summed E-state index contributed by atoms with van der Waals surface area (Å²) in [7, 11) is 0. The van der Waals surface area contributed by atoms with Gasteiger partial charge in [-0.2, -0.15) is 0 Å². The van der Waals surface area contributed by atoms with E-state index in [1.165, 1.54) is 0 Å². The zero-order chi connectivity index (χ0) is 14.4. The van der Waals surface area contributed by atoms with Gasteiger partial charge in [-0.1, -0.05) is 42.5 Å². The van der Waals surface area contributed by atoms with Gasteiger partial charge in [-0.05, 0) is 23.3 Å². The number of nitrogens with one attached hydrogen (secondary N) is 1. The molecule has 0 heterocycles. The van der Waals surface area contributed by atoms with Gasteiger partial charge in [-0.3, -0.25) is 4.74 Å². The van der Waals surface area contributed by atoms with Crippen molar-refractivity contribution >= 4 is 5.69 Å². The van der Waals surface area contributed by atoms with Crippen LogP contribution in [0, 0.1) is 0 Å². The zero-order valence-corrected chi connectivity index (χ0v) is 10.7. The Morgan fingerprint density at radius 3 is 2.05 bits per heavy atom. The van der Waals surface area contributed by atoms with Crippen LogP contribution in [0.4, 0.5) is 18.9 Å². The van der Waals surface area contributed by atoms with E-state index in [0.717, 1.165) is 16.8 Å². The van der Waals surface area contributed by atoms with E-state index in [9.17, 15) is 13.2 Å². The molecule has 5 heteroatoms. The molecule has 0 aromatic heterocycles. The number of anilines is 1. The van der Waals surface area contributed by atoms with Crippen LogP contribution in [0.5, 0.6) is 0 Å². The van der Waals surface area contributed by atoms with Crippen molar-refractivity contribution in [2.45, 2.75) is 6.36 Å². The van der Waals surface area contributed by atoms with E-state index in [1.807, 2.05) is 54.6 Å². The van der Waals surface area contributed by atoms with Gasteiger partial charge in [0.1, 0.15) is 0 Å². The number of alkyl halides is 3. The second kappa shape index (κ2) is 6.43. The number of benzene rings is 2. The van der Waals surface area contributed by atoms with Crippen molar-refractivity contribution in [3.8, 4) is 11.1 Å². The first kappa shape index (κ1) is 14.4. The molecule has 106 valence electrons. The molecule has 0 saturated heterocycles. The van der Waals surface area contributed by atoms with Crippen molar-refractivity contribution in [2.24, 2.45) is 0 Å². The fourth-order valence-corrected chi connectivity index (χ4v) is 1.77. The highest BCUT2D eigenvalue weighted by atomic mass is 19.4. The number of hydrogen-bond donors (Lipinski definition) is 1. The monoisotopic (exact) mass is 281 g/mol. The van der Waals surface area contributed by atoms with Gasteiger partial charge < -0.3 is 5.32 Å². The number of halogens is 3. The SMILES string of the molecule is FC(F)(F)OCCNc1ccc(-c2ccccc2)cc1. The molecule has 0 aliphatic rings. The lowest BCUT2D eigenvalue weighted by Crippen LogP contribution is -2.19. The lowest BCUT2D eigenvalue weighted by molar-refractivity contribution is -0.322. The first-order chi connectivity index (χ1) is 9.54. The predicted octanol–water partition coefficient (Wildman–Crippen LogP) is 4.30. The third kappa shape index (κ3) is 4.59. The van der Waals surface area contributed by atoms with E-state index < -0.39 is 13.0 Å². The number of rotatable bonds is 5. The molecule has 0 unspecified atom stereocenters. The Kier molecular flexibility index (Phi) is 4.63. The molecule has 0 bridgehead atoms. The average molecular weight is 281 g/mol. The van der Waals surface area contributed by atoms with Crippen LogP contribution in [0.15, 0.2) is 54.6 Å². The summed E-state index contributed by atoms with van der Waals surface area (Å²) in [6.45, 7) is -0.311. The summed E-state index contributed by atoms with van der Waals surface area (Å²) in [5.74, 6) is 0. The van der Waals surface area contributed by atoms with Crippen LogP contribution in [0.25, 0.3) is 11.1 Å². The molecule has 0 aliphatic carbocycles. The van der Waals surface area contributed by atoms with E-state index in [0.29, 0.717) is 0 Å². The molecule has 0 amide bonds. The number of ether oxygens (including phenoxy) is 1. The topological polar surface area (TPSA) is 21.3 Å². The Hall–Kier alpha value is -2.01. The summed E-state index contributed by atoms with van der Waals surface area (Å²) in [5, 5.41) is 2.87. The van der Waals surface area contributed by atoms with Gasteiger partial charge in [0.15, 0.2) is 0 Å². The Morgan fingerprint density at radius 1 is 0.850 bits per heavy atom. The average Bonchev–Trinajstić information content (AvgIpc) is 2.44. The highest BCUT2D eigenvalue weighted by Gasteiger charge is 2.28. The minimum Gasteiger partial charge on any atom is -0.383 e. The summed E-state index contributed by atoms with van der Waals surface area (Å²) in [5.41, 5.74) is 2.91. The molecule has 0 atom stereocenters. The molecule has 2 rings (SSSR count). The molecule has 1 N–H and O–H groups in total. The maximum Gasteiger partial charge on any atom is 0.522 e. The van der Waals surface area contributed by atoms with Crippen LogP contribution in [0.1, 0.15) is 0 Å². The summed E-state index contributed by atoms with van der Waals surface area (Å²) in [4.78, 5) is 0. The summed E-state index contributed by atoms with van der Waals surface area (Å²) in [6.07, 6.45) is -4.57. The summed E-state index contributed by atoms with van der Waals surface area (Å²) in [6, 6.07) is 17.3. The molecule has 2 aromatic carbocycles.